The monoisotopic (exact) mass is 458 g/mol. The van der Waals surface area contributed by atoms with E-state index in [9.17, 15) is 8.42 Å². The van der Waals surface area contributed by atoms with E-state index in [1.807, 2.05) is 36.6 Å². The first-order valence-corrected chi connectivity index (χ1v) is 11.9. The summed E-state index contributed by atoms with van der Waals surface area (Å²) in [5.74, 6) is 2.04. The zero-order valence-corrected chi connectivity index (χ0v) is 19.0. The van der Waals surface area contributed by atoms with Crippen LogP contribution in [0.3, 0.4) is 0 Å². The van der Waals surface area contributed by atoms with Gasteiger partial charge in [-0.2, -0.15) is 4.98 Å². The van der Waals surface area contributed by atoms with E-state index < -0.39 is 10.0 Å². The molecule has 0 radical (unpaired) electrons. The van der Waals surface area contributed by atoms with Crippen molar-refractivity contribution in [1.29, 1.82) is 0 Å². The van der Waals surface area contributed by atoms with E-state index in [-0.39, 0.29) is 11.4 Å². The molecule has 0 unspecified atom stereocenters. The van der Waals surface area contributed by atoms with Crippen molar-refractivity contribution in [1.82, 2.24) is 19.3 Å². The zero-order valence-electron chi connectivity index (χ0n) is 17.3. The molecule has 2 aromatic heterocycles. The maximum Gasteiger partial charge on any atom is 0.240 e. The zero-order chi connectivity index (χ0) is 22.0. The van der Waals surface area contributed by atoms with E-state index in [0.717, 1.165) is 27.5 Å². The molecule has 10 heteroatoms. The minimum absolute atomic E-state index is 0.212. The lowest BCUT2D eigenvalue weighted by Gasteiger charge is -2.09. The summed E-state index contributed by atoms with van der Waals surface area (Å²) in [5, 5.41) is 6.53. The van der Waals surface area contributed by atoms with Gasteiger partial charge in [-0.3, -0.25) is 0 Å². The van der Waals surface area contributed by atoms with Crippen LogP contribution in [0.1, 0.15) is 11.3 Å². The number of hydrogen-bond acceptors (Lipinski definition) is 7. The van der Waals surface area contributed by atoms with Crippen LogP contribution in [0, 0.1) is 6.92 Å². The normalized spacial score (nSPS) is 11.7. The molecule has 162 valence electrons. The lowest BCUT2D eigenvalue weighted by Crippen LogP contribution is -2.26. The number of benzene rings is 2. The Kier molecular flexibility index (Phi) is 5.94. The number of aromatic nitrogens is 3. The van der Waals surface area contributed by atoms with Gasteiger partial charge in [0.05, 0.1) is 24.8 Å². The third kappa shape index (κ3) is 4.41. The van der Waals surface area contributed by atoms with Crippen LogP contribution in [-0.4, -0.2) is 43.8 Å². The molecule has 0 aliphatic heterocycles. The lowest BCUT2D eigenvalue weighted by atomic mass is 10.2. The maximum absolute atomic E-state index is 12.6. The van der Waals surface area contributed by atoms with E-state index >= 15 is 0 Å². The number of nitrogens with one attached hydrogen (secondary N) is 1. The molecule has 0 aliphatic rings. The van der Waals surface area contributed by atoms with E-state index in [0.29, 0.717) is 18.0 Å². The van der Waals surface area contributed by atoms with Crippen molar-refractivity contribution in [3.8, 4) is 22.9 Å². The number of hydrogen-bond donors (Lipinski definition) is 1. The van der Waals surface area contributed by atoms with E-state index in [1.165, 1.54) is 17.4 Å². The van der Waals surface area contributed by atoms with Crippen molar-refractivity contribution in [2.75, 3.05) is 20.8 Å². The minimum atomic E-state index is -3.62. The Morgan fingerprint density at radius 2 is 1.87 bits per heavy atom. The second-order valence-corrected chi connectivity index (χ2v) is 9.47. The Morgan fingerprint density at radius 1 is 1.10 bits per heavy atom. The molecule has 0 bridgehead atoms. The molecule has 0 saturated heterocycles. The van der Waals surface area contributed by atoms with Gasteiger partial charge in [-0.25, -0.2) is 17.7 Å². The summed E-state index contributed by atoms with van der Waals surface area (Å²) in [5.41, 5.74) is 2.54. The number of rotatable bonds is 8. The largest absolute Gasteiger partial charge is 0.497 e. The fourth-order valence-electron chi connectivity index (χ4n) is 3.17. The van der Waals surface area contributed by atoms with Gasteiger partial charge in [0.1, 0.15) is 11.5 Å². The summed E-state index contributed by atoms with van der Waals surface area (Å²) < 4.78 is 40.0. The second kappa shape index (κ2) is 8.66. The fourth-order valence-corrected chi connectivity index (χ4v) is 5.15. The topological polar surface area (TPSA) is 94.8 Å². The summed E-state index contributed by atoms with van der Waals surface area (Å²) in [6, 6.07) is 12.3. The van der Waals surface area contributed by atoms with E-state index in [2.05, 4.69) is 14.8 Å². The Bertz CT molecular complexity index is 1310. The highest BCUT2D eigenvalue weighted by Crippen LogP contribution is 2.24. The van der Waals surface area contributed by atoms with E-state index in [4.69, 9.17) is 9.47 Å². The first-order chi connectivity index (χ1) is 14.9. The molecule has 0 aliphatic carbocycles. The predicted octanol–water partition coefficient (Wildman–Crippen LogP) is 3.30. The van der Waals surface area contributed by atoms with Crippen LogP contribution in [-0.2, 0) is 16.4 Å². The molecule has 0 amide bonds. The fraction of sp³-hybridized carbons (Fsp3) is 0.238. The highest BCUT2D eigenvalue weighted by molar-refractivity contribution is 7.89. The first-order valence-electron chi connectivity index (χ1n) is 9.53. The SMILES string of the molecule is COc1ccc(-c2nc3scc(CCNS(=O)(=O)c4ccc(OC)c(C)c4)n3n2)cc1. The number of methoxy groups -OCH3 is 2. The molecule has 0 spiro atoms. The van der Waals surface area contributed by atoms with Gasteiger partial charge in [-0.1, -0.05) is 0 Å². The van der Waals surface area contributed by atoms with Crippen molar-refractivity contribution >= 4 is 26.3 Å². The average Bonchev–Trinajstić information content (AvgIpc) is 3.35. The Balaban J connectivity index is 1.46. The van der Waals surface area contributed by atoms with Crippen LogP contribution in [0.25, 0.3) is 16.3 Å². The van der Waals surface area contributed by atoms with Crippen LogP contribution in [0.5, 0.6) is 11.5 Å². The summed E-state index contributed by atoms with van der Waals surface area (Å²) in [4.78, 5) is 5.54. The number of thiazole rings is 1. The van der Waals surface area contributed by atoms with Crippen molar-refractivity contribution in [3.05, 3.63) is 59.1 Å². The van der Waals surface area contributed by atoms with Gasteiger partial charge in [0, 0.05) is 23.9 Å². The molecule has 2 heterocycles. The second-order valence-electron chi connectivity index (χ2n) is 6.86. The molecule has 31 heavy (non-hydrogen) atoms. The Morgan fingerprint density at radius 3 is 2.55 bits per heavy atom. The van der Waals surface area contributed by atoms with Gasteiger partial charge < -0.3 is 9.47 Å². The summed E-state index contributed by atoms with van der Waals surface area (Å²) >= 11 is 1.47. The number of aryl methyl sites for hydroxylation is 1. The molecule has 4 aromatic rings. The van der Waals surface area contributed by atoms with Gasteiger partial charge in [-0.05, 0) is 55.0 Å². The molecular formula is C21H22N4O4S2. The smallest absolute Gasteiger partial charge is 0.240 e. The van der Waals surface area contributed by atoms with Crippen LogP contribution in [0.2, 0.25) is 0 Å². The number of fused-ring (bicyclic) bond motifs is 1. The summed E-state index contributed by atoms with van der Waals surface area (Å²) in [6.45, 7) is 2.06. The first kappa shape index (κ1) is 21.3. The van der Waals surface area contributed by atoms with Crippen molar-refractivity contribution in [3.63, 3.8) is 0 Å². The molecular weight excluding hydrogens is 436 g/mol. The standard InChI is InChI=1S/C21H22N4O4S2/c1-14-12-18(8-9-19(14)29-3)31(26,27)22-11-10-16-13-30-21-23-20(24-25(16)21)15-4-6-17(28-2)7-5-15/h4-9,12-13,22H,10-11H2,1-3H3. The van der Waals surface area contributed by atoms with Crippen molar-refractivity contribution < 1.29 is 17.9 Å². The molecule has 2 aromatic carbocycles. The summed E-state index contributed by atoms with van der Waals surface area (Å²) in [6.07, 6.45) is 0.486. The molecule has 0 saturated carbocycles. The van der Waals surface area contributed by atoms with Gasteiger partial charge >= 0.3 is 0 Å². The van der Waals surface area contributed by atoms with Gasteiger partial charge in [0.2, 0.25) is 15.0 Å². The molecule has 0 atom stereocenters. The average molecular weight is 459 g/mol. The van der Waals surface area contributed by atoms with Crippen LogP contribution in [0.4, 0.5) is 0 Å². The van der Waals surface area contributed by atoms with E-state index in [1.54, 1.807) is 30.9 Å². The number of sulfonamides is 1. The molecule has 1 N–H and O–H groups in total. The van der Waals surface area contributed by atoms with Gasteiger partial charge in [0.25, 0.3) is 0 Å². The third-order valence-corrected chi connectivity index (χ3v) is 7.17. The third-order valence-electron chi connectivity index (χ3n) is 4.85. The molecule has 0 fully saturated rings. The maximum atomic E-state index is 12.6. The van der Waals surface area contributed by atoms with Crippen LogP contribution in [0.15, 0.2) is 52.7 Å². The van der Waals surface area contributed by atoms with Crippen molar-refractivity contribution in [2.24, 2.45) is 0 Å². The highest BCUT2D eigenvalue weighted by atomic mass is 32.2. The highest BCUT2D eigenvalue weighted by Gasteiger charge is 2.16. The Hall–Kier alpha value is -2.95. The van der Waals surface area contributed by atoms with Gasteiger partial charge in [0.15, 0.2) is 5.82 Å². The minimum Gasteiger partial charge on any atom is -0.497 e. The predicted molar refractivity (Wildman–Crippen MR) is 119 cm³/mol. The Labute approximate surface area is 184 Å². The van der Waals surface area contributed by atoms with Crippen LogP contribution >= 0.6 is 11.3 Å². The quantitative estimate of drug-likeness (QED) is 0.435. The number of nitrogens with zero attached hydrogens (tertiary/aromatic N) is 3. The van der Waals surface area contributed by atoms with Gasteiger partial charge in [-0.15, -0.1) is 16.4 Å². The molecule has 8 nitrogen and oxygen atoms in total. The van der Waals surface area contributed by atoms with Crippen LogP contribution < -0.4 is 14.2 Å². The van der Waals surface area contributed by atoms with Crippen molar-refractivity contribution in [2.45, 2.75) is 18.2 Å². The summed E-state index contributed by atoms with van der Waals surface area (Å²) in [7, 11) is -0.441. The lowest BCUT2D eigenvalue weighted by molar-refractivity contribution is 0.411. The molecule has 4 rings (SSSR count). The number of ether oxygens (including phenoxy) is 2.